The van der Waals surface area contributed by atoms with E-state index in [9.17, 15) is 9.59 Å². The van der Waals surface area contributed by atoms with E-state index in [0.717, 1.165) is 28.0 Å². The Morgan fingerprint density at radius 1 is 0.968 bits per heavy atom. The van der Waals surface area contributed by atoms with E-state index in [1.54, 1.807) is 0 Å². The molecule has 1 heterocycles. The molecule has 0 aliphatic carbocycles. The number of nitrogens with zero attached hydrogens (tertiary/aromatic N) is 1. The summed E-state index contributed by atoms with van der Waals surface area (Å²) in [7, 11) is 0. The van der Waals surface area contributed by atoms with Crippen molar-refractivity contribution in [2.45, 2.75) is 26.4 Å². The Bertz CT molecular complexity index is 1200. The van der Waals surface area contributed by atoms with Crippen LogP contribution in [0.5, 0.6) is 0 Å². The van der Waals surface area contributed by atoms with Crippen LogP contribution in [-0.4, -0.2) is 21.8 Å². The van der Waals surface area contributed by atoms with E-state index in [4.69, 9.17) is 4.74 Å². The van der Waals surface area contributed by atoms with Crippen molar-refractivity contribution in [1.82, 2.24) is 9.97 Å². The Morgan fingerprint density at radius 3 is 2.52 bits per heavy atom. The third kappa shape index (κ3) is 5.36. The highest BCUT2D eigenvalue weighted by molar-refractivity contribution is 5.92. The van der Waals surface area contributed by atoms with Crippen molar-refractivity contribution >= 4 is 28.6 Å². The number of anilines is 1. The summed E-state index contributed by atoms with van der Waals surface area (Å²) in [6.45, 7) is 2.25. The Morgan fingerprint density at radius 2 is 1.74 bits per heavy atom. The Balaban J connectivity index is 1.28. The molecule has 0 spiro atoms. The number of rotatable bonds is 7. The number of fused-ring (bicyclic) bond motifs is 1. The summed E-state index contributed by atoms with van der Waals surface area (Å²) < 4.78 is 5.20. The van der Waals surface area contributed by atoms with Gasteiger partial charge in [-0.3, -0.25) is 9.59 Å². The number of esters is 1. The first kappa shape index (κ1) is 20.3. The summed E-state index contributed by atoms with van der Waals surface area (Å²) in [5.41, 5.74) is 5.59. The Labute approximate surface area is 180 Å². The quantitative estimate of drug-likeness (QED) is 0.418. The number of ether oxygens (including phenoxy) is 1. The van der Waals surface area contributed by atoms with Gasteiger partial charge in [0.2, 0.25) is 5.91 Å². The Hall–Kier alpha value is -3.93. The first-order valence-corrected chi connectivity index (χ1v) is 10.1. The minimum absolute atomic E-state index is 0.0369. The summed E-state index contributed by atoms with van der Waals surface area (Å²) >= 11 is 0. The number of carbonyl (C=O) groups is 2. The Kier molecular flexibility index (Phi) is 6.08. The third-order valence-corrected chi connectivity index (χ3v) is 4.88. The van der Waals surface area contributed by atoms with Gasteiger partial charge in [-0.05, 0) is 54.4 Å². The number of imidazole rings is 1. The van der Waals surface area contributed by atoms with Crippen LogP contribution in [0.2, 0.25) is 0 Å². The van der Waals surface area contributed by atoms with Crippen molar-refractivity contribution in [3.8, 4) is 11.4 Å². The molecule has 0 saturated carbocycles. The van der Waals surface area contributed by atoms with Crippen LogP contribution >= 0.6 is 0 Å². The van der Waals surface area contributed by atoms with Crippen molar-refractivity contribution in [3.05, 3.63) is 83.9 Å². The molecule has 2 N–H and O–H groups in total. The molecule has 0 saturated heterocycles. The van der Waals surface area contributed by atoms with Gasteiger partial charge in [0.25, 0.3) is 0 Å². The number of amides is 1. The van der Waals surface area contributed by atoms with E-state index < -0.39 is 5.97 Å². The fraction of sp³-hybridized carbons (Fsp3) is 0.160. The molecule has 4 rings (SSSR count). The van der Waals surface area contributed by atoms with Crippen molar-refractivity contribution < 1.29 is 14.3 Å². The second-order valence-electron chi connectivity index (χ2n) is 7.38. The normalized spacial score (nSPS) is 10.7. The molecule has 6 heteroatoms. The molecule has 0 bridgehead atoms. The summed E-state index contributed by atoms with van der Waals surface area (Å²) in [6.07, 6.45) is 0.105. The lowest BCUT2D eigenvalue weighted by Crippen LogP contribution is -2.14. The SMILES string of the molecule is Cc1ccc2nc(-c3ccc(NC(=O)CCC(=O)OCc4ccccc4)cc3)[nH]c2c1. The van der Waals surface area contributed by atoms with E-state index in [1.165, 1.54) is 5.56 Å². The molecule has 6 nitrogen and oxygen atoms in total. The van der Waals surface area contributed by atoms with Crippen molar-refractivity contribution in [3.63, 3.8) is 0 Å². The highest BCUT2D eigenvalue weighted by atomic mass is 16.5. The standard InChI is InChI=1S/C25H23N3O3/c1-17-7-12-21-22(15-17)28-25(27-21)19-8-10-20(11-9-19)26-23(29)13-14-24(30)31-16-18-5-3-2-4-6-18/h2-12,15H,13-14,16H2,1H3,(H,26,29)(H,27,28). The predicted octanol–water partition coefficient (Wildman–Crippen LogP) is 5.00. The van der Waals surface area contributed by atoms with E-state index in [0.29, 0.717) is 5.69 Å². The second-order valence-corrected chi connectivity index (χ2v) is 7.38. The first-order valence-electron chi connectivity index (χ1n) is 10.1. The van der Waals surface area contributed by atoms with Crippen LogP contribution in [0.25, 0.3) is 22.4 Å². The molecule has 31 heavy (non-hydrogen) atoms. The third-order valence-electron chi connectivity index (χ3n) is 4.88. The smallest absolute Gasteiger partial charge is 0.306 e. The molecule has 156 valence electrons. The predicted molar refractivity (Wildman–Crippen MR) is 120 cm³/mol. The highest BCUT2D eigenvalue weighted by Crippen LogP contribution is 2.23. The van der Waals surface area contributed by atoms with Crippen LogP contribution in [-0.2, 0) is 20.9 Å². The molecule has 0 atom stereocenters. The maximum atomic E-state index is 12.2. The van der Waals surface area contributed by atoms with Crippen LogP contribution in [0.4, 0.5) is 5.69 Å². The van der Waals surface area contributed by atoms with E-state index >= 15 is 0 Å². The van der Waals surface area contributed by atoms with Gasteiger partial charge >= 0.3 is 5.97 Å². The lowest BCUT2D eigenvalue weighted by molar-refractivity contribution is -0.145. The fourth-order valence-electron chi connectivity index (χ4n) is 3.22. The topological polar surface area (TPSA) is 84.1 Å². The minimum Gasteiger partial charge on any atom is -0.461 e. The molecule has 1 amide bonds. The van der Waals surface area contributed by atoms with Crippen molar-refractivity contribution in [1.29, 1.82) is 0 Å². The van der Waals surface area contributed by atoms with E-state index in [1.807, 2.05) is 73.7 Å². The number of aryl methyl sites for hydroxylation is 1. The average molecular weight is 413 g/mol. The zero-order chi connectivity index (χ0) is 21.6. The summed E-state index contributed by atoms with van der Waals surface area (Å²) in [4.78, 5) is 31.9. The van der Waals surface area contributed by atoms with Gasteiger partial charge < -0.3 is 15.0 Å². The summed E-state index contributed by atoms with van der Waals surface area (Å²) in [6, 6.07) is 23.0. The van der Waals surface area contributed by atoms with Crippen molar-refractivity contribution in [2.24, 2.45) is 0 Å². The lowest BCUT2D eigenvalue weighted by Gasteiger charge is -2.07. The number of carbonyl (C=O) groups excluding carboxylic acids is 2. The highest BCUT2D eigenvalue weighted by Gasteiger charge is 2.10. The number of hydrogen-bond donors (Lipinski definition) is 2. The maximum Gasteiger partial charge on any atom is 0.306 e. The van der Waals surface area contributed by atoms with Gasteiger partial charge in [-0.15, -0.1) is 0 Å². The number of nitrogens with one attached hydrogen (secondary N) is 2. The average Bonchev–Trinajstić information content (AvgIpc) is 3.20. The van der Waals surface area contributed by atoms with E-state index in [2.05, 4.69) is 21.4 Å². The van der Waals surface area contributed by atoms with Crippen LogP contribution < -0.4 is 5.32 Å². The lowest BCUT2D eigenvalue weighted by atomic mass is 10.2. The molecule has 0 unspecified atom stereocenters. The molecule has 0 fully saturated rings. The van der Waals surface area contributed by atoms with Crippen LogP contribution in [0, 0.1) is 6.92 Å². The molecular weight excluding hydrogens is 390 g/mol. The first-order chi connectivity index (χ1) is 15.1. The largest absolute Gasteiger partial charge is 0.461 e. The molecule has 0 aliphatic rings. The zero-order valence-corrected chi connectivity index (χ0v) is 17.2. The maximum absolute atomic E-state index is 12.2. The molecular formula is C25H23N3O3. The number of aromatic amines is 1. The number of benzene rings is 3. The number of H-pyrrole nitrogens is 1. The molecule has 0 aliphatic heterocycles. The van der Waals surface area contributed by atoms with Gasteiger partial charge in [0.1, 0.15) is 12.4 Å². The summed E-state index contributed by atoms with van der Waals surface area (Å²) in [5.74, 6) is 0.151. The van der Waals surface area contributed by atoms with Gasteiger partial charge in [-0.2, -0.15) is 0 Å². The zero-order valence-electron chi connectivity index (χ0n) is 17.2. The van der Waals surface area contributed by atoms with Gasteiger partial charge in [-0.1, -0.05) is 36.4 Å². The number of aromatic nitrogens is 2. The van der Waals surface area contributed by atoms with E-state index in [-0.39, 0.29) is 25.4 Å². The van der Waals surface area contributed by atoms with Gasteiger partial charge in [0.05, 0.1) is 17.5 Å². The number of hydrogen-bond acceptors (Lipinski definition) is 4. The molecule has 3 aromatic carbocycles. The minimum atomic E-state index is -0.394. The second kappa shape index (κ2) is 9.26. The van der Waals surface area contributed by atoms with Crippen LogP contribution in [0.1, 0.15) is 24.0 Å². The van der Waals surface area contributed by atoms with Crippen molar-refractivity contribution in [2.75, 3.05) is 5.32 Å². The molecule has 4 aromatic rings. The van der Waals surface area contributed by atoms with Crippen LogP contribution in [0.3, 0.4) is 0 Å². The molecule has 1 aromatic heterocycles. The van der Waals surface area contributed by atoms with Gasteiger partial charge in [0.15, 0.2) is 0 Å². The van der Waals surface area contributed by atoms with Gasteiger partial charge in [-0.25, -0.2) is 4.98 Å². The monoisotopic (exact) mass is 413 g/mol. The summed E-state index contributed by atoms with van der Waals surface area (Å²) in [5, 5.41) is 2.81. The molecule has 0 radical (unpaired) electrons. The van der Waals surface area contributed by atoms with Gasteiger partial charge in [0, 0.05) is 17.7 Å². The van der Waals surface area contributed by atoms with Crippen LogP contribution in [0.15, 0.2) is 72.8 Å². The fourth-order valence-corrected chi connectivity index (χ4v) is 3.22.